The number of hydrogen-bond donors (Lipinski definition) is 4. The van der Waals surface area contributed by atoms with Crippen LogP contribution < -0.4 is 5.32 Å². The lowest BCUT2D eigenvalue weighted by molar-refractivity contribution is -0.145. The van der Waals surface area contributed by atoms with E-state index >= 15 is 0 Å². The molecule has 1 aromatic heterocycles. The van der Waals surface area contributed by atoms with Crippen molar-refractivity contribution in [3.8, 4) is 11.1 Å². The van der Waals surface area contributed by atoms with Gasteiger partial charge in [0.15, 0.2) is 5.78 Å². The maximum absolute atomic E-state index is 13.8. The van der Waals surface area contributed by atoms with E-state index in [1.165, 1.54) is 0 Å². The Morgan fingerprint density at radius 1 is 1.11 bits per heavy atom. The third-order valence-corrected chi connectivity index (χ3v) is 7.45. The molecule has 8 nitrogen and oxygen atoms in total. The summed E-state index contributed by atoms with van der Waals surface area (Å²) in [5, 5.41) is 36.0. The van der Waals surface area contributed by atoms with Gasteiger partial charge in [-0.1, -0.05) is 43.2 Å². The van der Waals surface area contributed by atoms with E-state index in [-0.39, 0.29) is 30.6 Å². The second-order valence-electron chi connectivity index (χ2n) is 9.70. The molecule has 1 aliphatic heterocycles. The molecule has 0 bridgehead atoms. The van der Waals surface area contributed by atoms with Crippen molar-refractivity contribution in [3.05, 3.63) is 54.4 Å². The van der Waals surface area contributed by atoms with Crippen LogP contribution in [0.3, 0.4) is 0 Å². The Morgan fingerprint density at radius 2 is 1.89 bits per heavy atom. The SMILES string of the molecule is O=C(O)N(C(O)CCC(O)(C(=O)C1CCCC1)c1ccccc1-c1cccnc1)C1CCCNC1. The Labute approximate surface area is 206 Å². The molecule has 2 aromatic rings. The number of aliphatic hydroxyl groups excluding tert-OH is 1. The van der Waals surface area contributed by atoms with Crippen LogP contribution in [-0.2, 0) is 10.4 Å². The summed E-state index contributed by atoms with van der Waals surface area (Å²) in [5.41, 5.74) is 0.104. The maximum atomic E-state index is 13.8. The van der Waals surface area contributed by atoms with Crippen LogP contribution in [0.25, 0.3) is 11.1 Å². The molecule has 2 aliphatic rings. The van der Waals surface area contributed by atoms with Gasteiger partial charge < -0.3 is 20.6 Å². The number of nitrogens with one attached hydrogen (secondary N) is 1. The van der Waals surface area contributed by atoms with Gasteiger partial charge in [-0.3, -0.25) is 14.7 Å². The normalized spacial score (nSPS) is 21.3. The van der Waals surface area contributed by atoms with Crippen LogP contribution in [0.5, 0.6) is 0 Å². The zero-order valence-corrected chi connectivity index (χ0v) is 20.0. The Balaban J connectivity index is 1.65. The number of aliphatic hydroxyl groups is 2. The number of carboxylic acid groups (broad SMARTS) is 1. The number of rotatable bonds is 9. The topological polar surface area (TPSA) is 123 Å². The van der Waals surface area contributed by atoms with E-state index in [0.29, 0.717) is 24.1 Å². The van der Waals surface area contributed by atoms with Crippen molar-refractivity contribution in [2.24, 2.45) is 5.92 Å². The van der Waals surface area contributed by atoms with Crippen LogP contribution in [0.2, 0.25) is 0 Å². The Kier molecular flexibility index (Phi) is 8.15. The summed E-state index contributed by atoms with van der Waals surface area (Å²) in [7, 11) is 0. The number of amides is 1. The predicted molar refractivity (Wildman–Crippen MR) is 132 cm³/mol. The molecule has 2 heterocycles. The first-order chi connectivity index (χ1) is 16.9. The van der Waals surface area contributed by atoms with E-state index in [0.717, 1.165) is 49.1 Å². The van der Waals surface area contributed by atoms with E-state index in [1.54, 1.807) is 30.6 Å². The largest absolute Gasteiger partial charge is 0.465 e. The first-order valence-electron chi connectivity index (χ1n) is 12.6. The van der Waals surface area contributed by atoms with E-state index in [4.69, 9.17) is 0 Å². The molecule has 2 fully saturated rings. The number of piperidine rings is 1. The molecule has 1 amide bonds. The van der Waals surface area contributed by atoms with Gasteiger partial charge in [-0.2, -0.15) is 0 Å². The molecule has 4 N–H and O–H groups in total. The minimum Gasteiger partial charge on any atom is -0.465 e. The quantitative estimate of drug-likeness (QED) is 0.404. The van der Waals surface area contributed by atoms with E-state index in [9.17, 15) is 24.9 Å². The molecule has 8 heteroatoms. The first kappa shape index (κ1) is 25.3. The highest BCUT2D eigenvalue weighted by molar-refractivity contribution is 5.92. The average Bonchev–Trinajstić information content (AvgIpc) is 3.43. The maximum Gasteiger partial charge on any atom is 0.409 e. The molecule has 1 saturated heterocycles. The molecule has 1 aliphatic carbocycles. The lowest BCUT2D eigenvalue weighted by Crippen LogP contribution is -2.53. The van der Waals surface area contributed by atoms with Crippen molar-refractivity contribution < 1.29 is 24.9 Å². The highest BCUT2D eigenvalue weighted by Gasteiger charge is 2.44. The van der Waals surface area contributed by atoms with Crippen LogP contribution in [0.4, 0.5) is 4.79 Å². The minimum atomic E-state index is -1.85. The summed E-state index contributed by atoms with van der Waals surface area (Å²) in [6.45, 7) is 1.29. The van der Waals surface area contributed by atoms with Gasteiger partial charge in [0, 0.05) is 30.4 Å². The van der Waals surface area contributed by atoms with E-state index in [1.807, 2.05) is 18.2 Å². The minimum absolute atomic E-state index is 0.0564. The fourth-order valence-electron chi connectivity index (χ4n) is 5.61. The highest BCUT2D eigenvalue weighted by atomic mass is 16.4. The summed E-state index contributed by atoms with van der Waals surface area (Å²) in [4.78, 5) is 31.1. The lowest BCUT2D eigenvalue weighted by Gasteiger charge is -2.37. The second-order valence-corrected chi connectivity index (χ2v) is 9.70. The van der Waals surface area contributed by atoms with Gasteiger partial charge in [0.05, 0.1) is 6.04 Å². The van der Waals surface area contributed by atoms with Gasteiger partial charge in [0.25, 0.3) is 0 Å². The molecule has 3 unspecified atom stereocenters. The fraction of sp³-hybridized carbons (Fsp3) is 0.519. The fourth-order valence-corrected chi connectivity index (χ4v) is 5.61. The Hall–Kier alpha value is -2.81. The molecule has 35 heavy (non-hydrogen) atoms. The smallest absolute Gasteiger partial charge is 0.409 e. The molecular weight excluding hydrogens is 446 g/mol. The summed E-state index contributed by atoms with van der Waals surface area (Å²) in [6.07, 6.45) is 5.52. The van der Waals surface area contributed by atoms with Gasteiger partial charge >= 0.3 is 6.09 Å². The molecular formula is C27H35N3O5. The number of benzene rings is 1. The van der Waals surface area contributed by atoms with Crippen LogP contribution in [0, 0.1) is 5.92 Å². The molecule has 3 atom stereocenters. The zero-order valence-electron chi connectivity index (χ0n) is 20.0. The zero-order chi connectivity index (χ0) is 24.8. The van der Waals surface area contributed by atoms with Crippen molar-refractivity contribution in [1.29, 1.82) is 0 Å². The van der Waals surface area contributed by atoms with Gasteiger partial charge in [0.1, 0.15) is 11.8 Å². The van der Waals surface area contributed by atoms with Crippen LogP contribution in [0.1, 0.15) is 56.9 Å². The van der Waals surface area contributed by atoms with Crippen molar-refractivity contribution in [2.45, 2.75) is 69.2 Å². The number of hydrogen-bond acceptors (Lipinski definition) is 6. The Morgan fingerprint density at radius 3 is 2.54 bits per heavy atom. The molecule has 0 spiro atoms. The van der Waals surface area contributed by atoms with Gasteiger partial charge in [-0.25, -0.2) is 4.79 Å². The highest BCUT2D eigenvalue weighted by Crippen LogP contribution is 2.41. The van der Waals surface area contributed by atoms with Crippen molar-refractivity contribution in [2.75, 3.05) is 13.1 Å². The van der Waals surface area contributed by atoms with Crippen molar-refractivity contribution in [3.63, 3.8) is 0 Å². The third kappa shape index (κ3) is 5.55. The van der Waals surface area contributed by atoms with E-state index < -0.39 is 17.9 Å². The number of pyridine rings is 1. The molecule has 4 rings (SSSR count). The molecule has 1 aromatic carbocycles. The second kappa shape index (κ2) is 11.3. The number of aromatic nitrogens is 1. The third-order valence-electron chi connectivity index (χ3n) is 7.45. The van der Waals surface area contributed by atoms with Crippen LogP contribution >= 0.6 is 0 Å². The first-order valence-corrected chi connectivity index (χ1v) is 12.6. The Bertz CT molecular complexity index is 1000. The monoisotopic (exact) mass is 481 g/mol. The lowest BCUT2D eigenvalue weighted by atomic mass is 9.76. The molecule has 188 valence electrons. The van der Waals surface area contributed by atoms with Crippen molar-refractivity contribution >= 4 is 11.9 Å². The van der Waals surface area contributed by atoms with Gasteiger partial charge in [0.2, 0.25) is 0 Å². The summed E-state index contributed by atoms with van der Waals surface area (Å²) in [5.74, 6) is -0.503. The van der Waals surface area contributed by atoms with Gasteiger partial charge in [-0.05, 0) is 62.3 Å². The number of carbonyl (C=O) groups is 2. The molecule has 0 radical (unpaired) electrons. The van der Waals surface area contributed by atoms with Gasteiger partial charge in [-0.15, -0.1) is 0 Å². The average molecular weight is 482 g/mol. The van der Waals surface area contributed by atoms with Crippen molar-refractivity contribution in [1.82, 2.24) is 15.2 Å². The van der Waals surface area contributed by atoms with E-state index in [2.05, 4.69) is 10.3 Å². The van der Waals surface area contributed by atoms with Crippen LogP contribution in [-0.4, -0.2) is 62.4 Å². The van der Waals surface area contributed by atoms with Crippen LogP contribution in [0.15, 0.2) is 48.8 Å². The number of nitrogens with zero attached hydrogens (tertiary/aromatic N) is 2. The standard InChI is InChI=1S/C27H35N3O5/c31-24(30(26(33)34)21-10-6-16-29-18-21)13-14-27(35,25(32)19-7-1-2-8-19)23-12-4-3-11-22(23)20-9-5-15-28-17-20/h3-5,9,11-12,15,17,19,21,24,29,31,35H,1-2,6-8,10,13-14,16,18H2,(H,33,34). The predicted octanol–water partition coefficient (Wildman–Crippen LogP) is 3.53. The summed E-state index contributed by atoms with van der Waals surface area (Å²) < 4.78 is 0. The summed E-state index contributed by atoms with van der Waals surface area (Å²) >= 11 is 0. The molecule has 1 saturated carbocycles. The number of ketones is 1. The number of Topliss-reactive ketones (excluding diaryl/α,β-unsaturated/α-hetero) is 1. The summed E-state index contributed by atoms with van der Waals surface area (Å²) in [6, 6.07) is 10.6. The number of carbonyl (C=O) groups excluding carboxylic acids is 1.